The number of carbonyl (C=O) groups is 4. The Labute approximate surface area is 443 Å². The summed E-state index contributed by atoms with van der Waals surface area (Å²) < 4.78 is 0. The summed E-state index contributed by atoms with van der Waals surface area (Å²) in [5.41, 5.74) is 26.8. The molecule has 0 saturated carbocycles. The number of carboxylic acid groups (broad SMARTS) is 1. The van der Waals surface area contributed by atoms with E-state index in [1.165, 1.54) is 16.7 Å². The van der Waals surface area contributed by atoms with E-state index in [2.05, 4.69) is 54.9 Å². The number of aliphatic carboxylic acids is 1. The van der Waals surface area contributed by atoms with Gasteiger partial charge in [-0.1, -0.05) is 88.4 Å². The summed E-state index contributed by atoms with van der Waals surface area (Å²) >= 11 is 0. The van der Waals surface area contributed by atoms with Crippen LogP contribution in [0, 0.1) is 39.5 Å². The van der Waals surface area contributed by atoms with E-state index in [1.807, 2.05) is 129 Å². The van der Waals surface area contributed by atoms with Gasteiger partial charge in [0.15, 0.2) is 0 Å². The van der Waals surface area contributed by atoms with E-state index in [0.717, 1.165) is 53.5 Å². The first-order chi connectivity index (χ1) is 30.5. The second kappa shape index (κ2) is 35.2. The largest absolute Gasteiger partial charge is 0.481 e. The minimum absolute atomic E-state index is 0. The van der Waals surface area contributed by atoms with E-state index < -0.39 is 11.9 Å². The van der Waals surface area contributed by atoms with Gasteiger partial charge in [-0.2, -0.15) is 54.0 Å². The van der Waals surface area contributed by atoms with Gasteiger partial charge in [-0.05, 0) is 174 Å². The van der Waals surface area contributed by atoms with Gasteiger partial charge in [-0.3, -0.25) is 19.2 Å². The predicted octanol–water partition coefficient (Wildman–Crippen LogP) is 8.79. The van der Waals surface area contributed by atoms with Gasteiger partial charge in [0.05, 0.1) is 6.42 Å². The summed E-state index contributed by atoms with van der Waals surface area (Å²) in [5, 5.41) is 12.0. The zero-order valence-corrected chi connectivity index (χ0v) is 47.4. The van der Waals surface area contributed by atoms with Crippen LogP contribution in [0.25, 0.3) is 0 Å². The molecule has 0 heterocycles. The molecule has 8 N–H and O–H groups in total. The number of aryl methyl sites for hydroxylation is 4. The Balaban J connectivity index is -0.00000100. The molecule has 11 nitrogen and oxygen atoms in total. The molecule has 3 amide bonds. The van der Waals surface area contributed by atoms with Crippen molar-refractivity contribution in [2.45, 2.75) is 118 Å². The first-order valence-electron chi connectivity index (χ1n) is 22.9. The summed E-state index contributed by atoms with van der Waals surface area (Å²) in [6.07, 6.45) is 4.31. The molecule has 0 spiro atoms. The van der Waals surface area contributed by atoms with Crippen LogP contribution in [0.15, 0.2) is 84.9 Å². The molecule has 0 aliphatic rings. The number of rotatable bonds is 21. The molecule has 4 atom stereocenters. The Bertz CT molecular complexity index is 2080. The molecule has 4 aromatic rings. The van der Waals surface area contributed by atoms with Gasteiger partial charge in [0.25, 0.3) is 0 Å². The maximum atomic E-state index is 12.9. The van der Waals surface area contributed by atoms with E-state index in [1.54, 1.807) is 0 Å². The van der Waals surface area contributed by atoms with E-state index in [4.69, 9.17) is 22.3 Å². The molecule has 0 aromatic heterocycles. The van der Waals surface area contributed by atoms with Gasteiger partial charge in [-0.15, -0.1) is 0 Å². The molecule has 388 valence electrons. The van der Waals surface area contributed by atoms with Crippen molar-refractivity contribution in [1.29, 1.82) is 0 Å². The Morgan fingerprint density at radius 3 is 1.19 bits per heavy atom. The minimum atomic E-state index is -0.718. The number of primary amides is 2. The highest BCUT2D eigenvalue weighted by atomic mass is 32.1. The Kier molecular flexibility index (Phi) is 35.3. The molecule has 0 unspecified atom stereocenters. The lowest BCUT2D eigenvalue weighted by molar-refractivity contribution is -0.137. The highest BCUT2D eigenvalue weighted by Gasteiger charge is 2.22. The molecular weight excluding hydrogens is 941 g/mol. The van der Waals surface area contributed by atoms with Crippen molar-refractivity contribution in [1.82, 2.24) is 15.1 Å². The molecule has 4 rings (SSSR count). The third-order valence-electron chi connectivity index (χ3n) is 12.0. The summed E-state index contributed by atoms with van der Waals surface area (Å²) in [7, 11) is 8.12. The van der Waals surface area contributed by atoms with Crippen molar-refractivity contribution >= 4 is 77.7 Å². The van der Waals surface area contributed by atoms with Gasteiger partial charge < -0.3 is 37.4 Å². The van der Waals surface area contributed by atoms with E-state index >= 15 is 0 Å². The summed E-state index contributed by atoms with van der Waals surface area (Å²) in [6.45, 7) is 17.9. The number of nitrogens with zero attached hydrogens (tertiary/aromatic N) is 2. The quantitative estimate of drug-likeness (QED) is 0.0549. The molecule has 0 aliphatic carbocycles. The van der Waals surface area contributed by atoms with E-state index in [0.29, 0.717) is 48.5 Å². The molecule has 0 radical (unpaired) electrons. The van der Waals surface area contributed by atoms with Crippen LogP contribution in [0.3, 0.4) is 0 Å². The fourth-order valence-electron chi connectivity index (χ4n) is 8.30. The normalized spacial score (nSPS) is 12.2. The van der Waals surface area contributed by atoms with Crippen molar-refractivity contribution in [3.63, 3.8) is 0 Å². The van der Waals surface area contributed by atoms with E-state index in [-0.39, 0.29) is 90.1 Å². The van der Waals surface area contributed by atoms with Gasteiger partial charge in [0.1, 0.15) is 0 Å². The van der Waals surface area contributed by atoms with Crippen molar-refractivity contribution in [3.05, 3.63) is 141 Å². The smallest absolute Gasteiger partial charge is 0.303 e. The third kappa shape index (κ3) is 25.1. The maximum absolute atomic E-state index is 12.9. The Morgan fingerprint density at radius 2 is 0.899 bits per heavy atom. The van der Waals surface area contributed by atoms with Gasteiger partial charge in [0, 0.05) is 42.7 Å². The number of benzene rings is 4. The van der Waals surface area contributed by atoms with Crippen LogP contribution in [0.5, 0.6) is 0 Å². The molecule has 4 aromatic carbocycles. The highest BCUT2D eigenvalue weighted by Crippen LogP contribution is 2.28. The monoisotopic (exact) mass is 1030 g/mol. The second-order valence-electron chi connectivity index (χ2n) is 18.9. The molecule has 0 fully saturated rings. The number of likely N-dealkylation sites (N-methyl/N-ethyl adjacent to an activating group) is 2. The first kappa shape index (κ1) is 69.3. The van der Waals surface area contributed by atoms with Crippen molar-refractivity contribution < 1.29 is 24.3 Å². The van der Waals surface area contributed by atoms with Crippen molar-refractivity contribution in [3.8, 4) is 0 Å². The standard InChI is InChI=1S/C27H39N3O2.C14H23N3O.C13H18O2.4H2S/c1-18(2)12-22(21-10-8-7-9-11-21)15-26(31)29-17-24(30(5)6)16-25-19(3)13-23(27(28)32)14-20(25)4;1-9-5-11(14(16)18)6-10(2)13(9)7-12(8-15)17(3)4;1-10(2)8-12(9-13(14)15)11-6-4-3-5-7-11;;;;/h7-11,13-14,18,22,24H,12,15-17H2,1-6H3,(H2,28,32)(H,29,31);5-6,12H,7-8,15H2,1-4H3,(H2,16,18);3-7,10,12H,8-9H2,1-2H3,(H,14,15);4*1H2/t22-,24-;2*12-;;;;/m000..../s1. The summed E-state index contributed by atoms with van der Waals surface area (Å²) in [6, 6.07) is 28.1. The highest BCUT2D eigenvalue weighted by molar-refractivity contribution is 7.59. The lowest BCUT2D eigenvalue weighted by Crippen LogP contribution is -2.42. The zero-order valence-electron chi connectivity index (χ0n) is 43.4. The molecular formula is C54H88N6O5S4. The Hall–Kier alpha value is -3.96. The zero-order chi connectivity index (χ0) is 49.0. The SMILES string of the molecule is CC(C)C[C@@H](CC(=O)O)c1ccccc1.Cc1cc(C(N)=O)cc(C)c1C[C@@H](CN)N(C)C.Cc1cc(C(N)=O)cc(C)c1C[C@@H](CNC(=O)C[C@H](CC(C)C)c1ccccc1)N(C)C.S.S.S.S. The first-order valence-corrected chi connectivity index (χ1v) is 22.9. The van der Waals surface area contributed by atoms with Crippen LogP contribution in [0.4, 0.5) is 0 Å². The topological polar surface area (TPSA) is 185 Å². The third-order valence-corrected chi connectivity index (χ3v) is 12.0. The number of nitrogens with one attached hydrogen (secondary N) is 1. The maximum Gasteiger partial charge on any atom is 0.303 e. The molecule has 0 aliphatic heterocycles. The summed E-state index contributed by atoms with van der Waals surface area (Å²) in [4.78, 5) is 50.6. The van der Waals surface area contributed by atoms with Crippen LogP contribution >= 0.6 is 54.0 Å². The van der Waals surface area contributed by atoms with Crippen LogP contribution in [-0.4, -0.2) is 92.0 Å². The number of carbonyl (C=O) groups excluding carboxylic acids is 3. The van der Waals surface area contributed by atoms with E-state index in [9.17, 15) is 19.2 Å². The summed E-state index contributed by atoms with van der Waals surface area (Å²) in [5.74, 6) is -0.00685. The number of carboxylic acids is 1. The number of hydrogen-bond acceptors (Lipinski definition) is 7. The predicted molar refractivity (Wildman–Crippen MR) is 309 cm³/mol. The minimum Gasteiger partial charge on any atom is -0.481 e. The van der Waals surface area contributed by atoms with Gasteiger partial charge >= 0.3 is 5.97 Å². The number of nitrogens with two attached hydrogens (primary N) is 3. The van der Waals surface area contributed by atoms with Gasteiger partial charge in [-0.25, -0.2) is 0 Å². The van der Waals surface area contributed by atoms with Gasteiger partial charge in [0.2, 0.25) is 17.7 Å². The molecule has 15 heteroatoms. The molecule has 69 heavy (non-hydrogen) atoms. The van der Waals surface area contributed by atoms with Crippen molar-refractivity contribution in [2.24, 2.45) is 29.0 Å². The fourth-order valence-corrected chi connectivity index (χ4v) is 8.30. The fraction of sp³-hybridized carbons (Fsp3) is 0.481. The van der Waals surface area contributed by atoms with Crippen LogP contribution in [-0.2, 0) is 22.4 Å². The average Bonchev–Trinajstić information content (AvgIpc) is 3.22. The van der Waals surface area contributed by atoms with Crippen LogP contribution in [0.1, 0.15) is 130 Å². The lowest BCUT2D eigenvalue weighted by Gasteiger charge is -2.27. The second-order valence-corrected chi connectivity index (χ2v) is 18.9. The number of hydrogen-bond donors (Lipinski definition) is 5. The lowest BCUT2D eigenvalue weighted by atomic mass is 9.87. The van der Waals surface area contributed by atoms with Crippen LogP contribution < -0.4 is 22.5 Å². The molecule has 0 saturated heterocycles. The average molecular weight is 1030 g/mol. The van der Waals surface area contributed by atoms with Crippen molar-refractivity contribution in [2.75, 3.05) is 41.3 Å². The molecule has 0 bridgehead atoms. The number of amides is 3. The van der Waals surface area contributed by atoms with Crippen LogP contribution in [0.2, 0.25) is 0 Å². The Morgan fingerprint density at radius 1 is 0.565 bits per heavy atom.